The van der Waals surface area contributed by atoms with E-state index in [9.17, 15) is 22.8 Å². The second kappa shape index (κ2) is 10.1. The number of hydrogen-bond donors (Lipinski definition) is 5. The molecule has 0 radical (unpaired) electrons. The SMILES string of the molecule is CC(C)(C)OC(=O)N[C@@H](Cc1ccc(NS(=O)(=O)O)cc1)C(=O)NCCC(=O)O. The third-order valence-corrected chi connectivity index (χ3v) is 3.78. The van der Waals surface area contributed by atoms with Crippen LogP contribution in [-0.4, -0.2) is 54.2 Å². The average Bonchev–Trinajstić information content (AvgIpc) is 2.52. The summed E-state index contributed by atoms with van der Waals surface area (Å²) < 4.78 is 37.5. The fraction of sp³-hybridized carbons (Fsp3) is 0.471. The van der Waals surface area contributed by atoms with E-state index in [4.69, 9.17) is 14.4 Å². The summed E-state index contributed by atoms with van der Waals surface area (Å²) in [5.74, 6) is -1.68. The summed E-state index contributed by atoms with van der Waals surface area (Å²) in [4.78, 5) is 35.0. The molecule has 0 aliphatic carbocycles. The van der Waals surface area contributed by atoms with Gasteiger partial charge in [-0.15, -0.1) is 0 Å². The molecule has 1 atom stereocenters. The Balaban J connectivity index is 2.87. The van der Waals surface area contributed by atoms with Gasteiger partial charge < -0.3 is 20.5 Å². The van der Waals surface area contributed by atoms with Crippen LogP contribution in [-0.2, 0) is 31.1 Å². The van der Waals surface area contributed by atoms with E-state index in [1.165, 1.54) is 24.3 Å². The van der Waals surface area contributed by atoms with Gasteiger partial charge in [0.25, 0.3) is 0 Å². The number of carboxylic acids is 1. The van der Waals surface area contributed by atoms with E-state index >= 15 is 0 Å². The smallest absolute Gasteiger partial charge is 0.408 e. The maximum Gasteiger partial charge on any atom is 0.408 e. The van der Waals surface area contributed by atoms with Crippen molar-refractivity contribution in [3.05, 3.63) is 29.8 Å². The average molecular weight is 431 g/mol. The van der Waals surface area contributed by atoms with Crippen LogP contribution in [0.2, 0.25) is 0 Å². The molecular weight excluding hydrogens is 406 g/mol. The molecule has 0 spiro atoms. The van der Waals surface area contributed by atoms with Crippen molar-refractivity contribution in [2.24, 2.45) is 0 Å². The highest BCUT2D eigenvalue weighted by Crippen LogP contribution is 2.13. The molecule has 0 fully saturated rings. The molecule has 0 unspecified atom stereocenters. The van der Waals surface area contributed by atoms with Gasteiger partial charge in [-0.2, -0.15) is 8.42 Å². The highest BCUT2D eigenvalue weighted by molar-refractivity contribution is 7.87. The van der Waals surface area contributed by atoms with Gasteiger partial charge in [0.1, 0.15) is 11.6 Å². The normalized spacial score (nSPS) is 12.6. The van der Waals surface area contributed by atoms with Crippen LogP contribution in [0, 0.1) is 0 Å². The summed E-state index contributed by atoms with van der Waals surface area (Å²) in [7, 11) is -4.41. The van der Waals surface area contributed by atoms with E-state index in [2.05, 4.69) is 10.6 Å². The van der Waals surface area contributed by atoms with Crippen LogP contribution < -0.4 is 15.4 Å². The van der Waals surface area contributed by atoms with E-state index in [0.29, 0.717) is 5.56 Å². The molecule has 0 saturated heterocycles. The van der Waals surface area contributed by atoms with Crippen molar-refractivity contribution in [1.82, 2.24) is 10.6 Å². The second-order valence-electron chi connectivity index (χ2n) is 7.11. The minimum atomic E-state index is -4.41. The monoisotopic (exact) mass is 431 g/mol. The minimum absolute atomic E-state index is 0.0320. The summed E-state index contributed by atoms with van der Waals surface area (Å²) in [6, 6.07) is 4.69. The van der Waals surface area contributed by atoms with E-state index in [0.717, 1.165) is 0 Å². The number of carboxylic acid groups (broad SMARTS) is 1. The molecule has 0 aliphatic rings. The summed E-state index contributed by atoms with van der Waals surface area (Å²) in [6.07, 6.45) is -1.06. The van der Waals surface area contributed by atoms with Gasteiger partial charge in [-0.3, -0.25) is 18.9 Å². The highest BCUT2D eigenvalue weighted by atomic mass is 32.2. The summed E-state index contributed by atoms with van der Waals surface area (Å²) in [6.45, 7) is 4.87. The van der Waals surface area contributed by atoms with Crippen LogP contribution in [0.1, 0.15) is 32.8 Å². The van der Waals surface area contributed by atoms with Crippen molar-refractivity contribution < 1.29 is 37.2 Å². The predicted molar refractivity (Wildman–Crippen MR) is 104 cm³/mol. The number of rotatable bonds is 9. The summed E-state index contributed by atoms with van der Waals surface area (Å²) in [5, 5.41) is 13.5. The molecule has 12 heteroatoms. The van der Waals surface area contributed by atoms with Crippen molar-refractivity contribution in [3.8, 4) is 0 Å². The van der Waals surface area contributed by atoms with Crippen LogP contribution in [0.15, 0.2) is 24.3 Å². The third kappa shape index (κ3) is 10.9. The Bertz CT molecular complexity index is 831. The Morgan fingerprint density at radius 2 is 1.72 bits per heavy atom. The molecule has 0 heterocycles. The Morgan fingerprint density at radius 1 is 1.14 bits per heavy atom. The van der Waals surface area contributed by atoms with Gasteiger partial charge in [0.15, 0.2) is 0 Å². The summed E-state index contributed by atoms with van der Waals surface area (Å²) >= 11 is 0. The van der Waals surface area contributed by atoms with E-state index in [1.807, 2.05) is 4.72 Å². The topological polar surface area (TPSA) is 171 Å². The molecule has 0 aromatic heterocycles. The van der Waals surface area contributed by atoms with Gasteiger partial charge in [0, 0.05) is 13.0 Å². The van der Waals surface area contributed by atoms with Crippen molar-refractivity contribution >= 4 is 34.0 Å². The zero-order valence-electron chi connectivity index (χ0n) is 16.3. The van der Waals surface area contributed by atoms with E-state index in [1.54, 1.807) is 20.8 Å². The molecule has 29 heavy (non-hydrogen) atoms. The molecule has 162 valence electrons. The Hall–Kier alpha value is -2.86. The molecule has 0 saturated carbocycles. The summed E-state index contributed by atoms with van der Waals surface area (Å²) in [5.41, 5.74) is -0.100. The fourth-order valence-corrected chi connectivity index (χ4v) is 2.60. The van der Waals surface area contributed by atoms with Crippen LogP contribution >= 0.6 is 0 Å². The number of hydrogen-bond acceptors (Lipinski definition) is 6. The first-order valence-corrected chi connectivity index (χ1v) is 10.0. The molecular formula is C17H25N3O8S. The van der Waals surface area contributed by atoms with Crippen LogP contribution in [0.25, 0.3) is 0 Å². The van der Waals surface area contributed by atoms with Gasteiger partial charge in [-0.25, -0.2) is 4.79 Å². The van der Waals surface area contributed by atoms with E-state index in [-0.39, 0.29) is 25.1 Å². The van der Waals surface area contributed by atoms with Gasteiger partial charge >= 0.3 is 22.4 Å². The molecule has 1 aromatic rings. The fourth-order valence-electron chi connectivity index (χ4n) is 2.17. The number of carbonyl (C=O) groups is 3. The first-order chi connectivity index (χ1) is 13.2. The van der Waals surface area contributed by atoms with Gasteiger partial charge in [0.05, 0.1) is 12.1 Å². The van der Waals surface area contributed by atoms with Crippen LogP contribution in [0.3, 0.4) is 0 Å². The molecule has 11 nitrogen and oxygen atoms in total. The van der Waals surface area contributed by atoms with Crippen molar-refractivity contribution in [1.29, 1.82) is 0 Å². The number of amides is 2. The first kappa shape index (κ1) is 24.2. The molecule has 0 bridgehead atoms. The third-order valence-electron chi connectivity index (χ3n) is 3.29. The molecule has 5 N–H and O–H groups in total. The van der Waals surface area contributed by atoms with Crippen molar-refractivity contribution in [3.63, 3.8) is 0 Å². The number of nitrogens with one attached hydrogen (secondary N) is 3. The van der Waals surface area contributed by atoms with E-state index < -0.39 is 39.9 Å². The zero-order valence-corrected chi connectivity index (χ0v) is 17.1. The zero-order chi connectivity index (χ0) is 22.2. The lowest BCUT2D eigenvalue weighted by Crippen LogP contribution is -2.49. The molecule has 0 aliphatic heterocycles. The molecule has 1 aromatic carbocycles. The van der Waals surface area contributed by atoms with Crippen molar-refractivity contribution in [2.45, 2.75) is 45.3 Å². The number of benzene rings is 1. The van der Waals surface area contributed by atoms with Gasteiger partial charge in [-0.1, -0.05) is 12.1 Å². The highest BCUT2D eigenvalue weighted by Gasteiger charge is 2.24. The number of alkyl carbamates (subject to hydrolysis) is 1. The number of aliphatic carboxylic acids is 1. The minimum Gasteiger partial charge on any atom is -0.481 e. The standard InChI is InChI=1S/C17H25N3O8S/c1-17(2,3)28-16(24)19-13(15(23)18-9-8-14(21)22)10-11-4-6-12(7-5-11)20-29(25,26)27/h4-7,13,20H,8-10H2,1-3H3,(H,18,23)(H,19,24)(H,21,22)(H,25,26,27)/t13-/m0/s1. The van der Waals surface area contributed by atoms with Gasteiger partial charge in [-0.05, 0) is 38.5 Å². The Labute approximate surface area is 168 Å². The largest absolute Gasteiger partial charge is 0.481 e. The predicted octanol–water partition coefficient (Wildman–Crippen LogP) is 0.928. The lowest BCUT2D eigenvalue weighted by atomic mass is 10.0. The number of carbonyl (C=O) groups excluding carboxylic acids is 2. The van der Waals surface area contributed by atoms with Gasteiger partial charge in [0.2, 0.25) is 5.91 Å². The molecule has 2 amide bonds. The Kier molecular flexibility index (Phi) is 8.40. The van der Waals surface area contributed by atoms with Crippen LogP contribution in [0.4, 0.5) is 10.5 Å². The lowest BCUT2D eigenvalue weighted by molar-refractivity contribution is -0.137. The second-order valence-corrected chi connectivity index (χ2v) is 8.27. The lowest BCUT2D eigenvalue weighted by Gasteiger charge is -2.23. The maximum atomic E-state index is 12.4. The maximum absolute atomic E-state index is 12.4. The molecule has 1 rings (SSSR count). The Morgan fingerprint density at radius 3 is 2.21 bits per heavy atom. The quantitative estimate of drug-likeness (QED) is 0.359. The number of anilines is 1. The van der Waals surface area contributed by atoms with Crippen molar-refractivity contribution in [2.75, 3.05) is 11.3 Å². The first-order valence-electron chi connectivity index (χ1n) is 8.58. The number of ether oxygens (including phenoxy) is 1. The van der Waals surface area contributed by atoms with Crippen LogP contribution in [0.5, 0.6) is 0 Å².